The predicted octanol–water partition coefficient (Wildman–Crippen LogP) is 4.31. The highest BCUT2D eigenvalue weighted by Gasteiger charge is 2.36. The van der Waals surface area contributed by atoms with Crippen LogP contribution in [0.25, 0.3) is 0 Å². The van der Waals surface area contributed by atoms with Gasteiger partial charge in [-0.1, -0.05) is 35.3 Å². The lowest BCUT2D eigenvalue weighted by atomic mass is 10.1. The fourth-order valence-corrected chi connectivity index (χ4v) is 3.45. The second-order valence-electron chi connectivity index (χ2n) is 6.48. The molecule has 1 heterocycles. The van der Waals surface area contributed by atoms with Crippen molar-refractivity contribution in [1.29, 1.82) is 0 Å². The lowest BCUT2D eigenvalue weighted by molar-refractivity contribution is -0.385. The standard InChI is InChI=1S/C19H16Cl2N2O5/c1-11-2-5-15(8-17(11)23(26)27)22-9-13(6-18(22)24)19(25)28-10-12-3-4-14(20)7-16(12)21/h2-5,7-8,13H,6,9-10H2,1H3/t13-/m1/s1. The van der Waals surface area contributed by atoms with Crippen LogP contribution in [-0.2, 0) is 20.9 Å². The Morgan fingerprint density at radius 3 is 2.71 bits per heavy atom. The molecule has 0 radical (unpaired) electrons. The largest absolute Gasteiger partial charge is 0.460 e. The van der Waals surface area contributed by atoms with Gasteiger partial charge in [-0.25, -0.2) is 0 Å². The number of benzene rings is 2. The highest BCUT2D eigenvalue weighted by molar-refractivity contribution is 6.35. The number of nitro groups is 1. The summed E-state index contributed by atoms with van der Waals surface area (Å²) in [6.07, 6.45) is -0.0190. The molecule has 2 aromatic rings. The minimum atomic E-state index is -0.654. The molecular formula is C19H16Cl2N2O5. The minimum Gasteiger partial charge on any atom is -0.460 e. The molecule has 0 unspecified atom stereocenters. The summed E-state index contributed by atoms with van der Waals surface area (Å²) in [6, 6.07) is 9.40. The van der Waals surface area contributed by atoms with E-state index in [1.807, 2.05) is 0 Å². The topological polar surface area (TPSA) is 89.8 Å². The van der Waals surface area contributed by atoms with E-state index in [0.717, 1.165) is 0 Å². The molecule has 0 spiro atoms. The zero-order valence-corrected chi connectivity index (χ0v) is 16.4. The summed E-state index contributed by atoms with van der Waals surface area (Å²) in [4.78, 5) is 36.7. The number of aryl methyl sites for hydroxylation is 1. The van der Waals surface area contributed by atoms with E-state index >= 15 is 0 Å². The van der Waals surface area contributed by atoms with Crippen LogP contribution in [0.3, 0.4) is 0 Å². The molecule has 0 bridgehead atoms. The number of ether oxygens (including phenoxy) is 1. The Bertz CT molecular complexity index is 963. The van der Waals surface area contributed by atoms with Crippen LogP contribution in [0, 0.1) is 23.0 Å². The van der Waals surface area contributed by atoms with Gasteiger partial charge in [-0.15, -0.1) is 0 Å². The molecular weight excluding hydrogens is 407 g/mol. The Morgan fingerprint density at radius 1 is 1.29 bits per heavy atom. The number of carbonyl (C=O) groups is 2. The summed E-state index contributed by atoms with van der Waals surface area (Å²) >= 11 is 11.9. The Hall–Kier alpha value is -2.64. The molecule has 0 N–H and O–H groups in total. The summed E-state index contributed by atoms with van der Waals surface area (Å²) in [5.41, 5.74) is 1.41. The van der Waals surface area contributed by atoms with Crippen molar-refractivity contribution in [3.63, 3.8) is 0 Å². The van der Waals surface area contributed by atoms with Crippen LogP contribution in [0.5, 0.6) is 0 Å². The zero-order valence-electron chi connectivity index (χ0n) is 14.9. The monoisotopic (exact) mass is 422 g/mol. The van der Waals surface area contributed by atoms with Crippen molar-refractivity contribution >= 4 is 46.5 Å². The van der Waals surface area contributed by atoms with Crippen molar-refractivity contribution in [2.75, 3.05) is 11.4 Å². The number of nitro benzene ring substituents is 1. The molecule has 1 saturated heterocycles. The first-order chi connectivity index (χ1) is 13.3. The minimum absolute atomic E-state index is 0.0190. The SMILES string of the molecule is Cc1ccc(N2C[C@H](C(=O)OCc3ccc(Cl)cc3Cl)CC2=O)cc1[N+](=O)[O-]. The Kier molecular flexibility index (Phi) is 5.86. The third kappa shape index (κ3) is 4.26. The van der Waals surface area contributed by atoms with Gasteiger partial charge < -0.3 is 9.64 Å². The zero-order chi connectivity index (χ0) is 20.4. The van der Waals surface area contributed by atoms with Crippen LogP contribution in [-0.4, -0.2) is 23.3 Å². The molecule has 1 amide bonds. The van der Waals surface area contributed by atoms with Crippen molar-refractivity contribution in [1.82, 2.24) is 0 Å². The van der Waals surface area contributed by atoms with Gasteiger partial charge in [0.1, 0.15) is 6.61 Å². The van der Waals surface area contributed by atoms with Crippen LogP contribution in [0.4, 0.5) is 11.4 Å². The number of anilines is 1. The highest BCUT2D eigenvalue weighted by Crippen LogP contribution is 2.30. The van der Waals surface area contributed by atoms with E-state index in [9.17, 15) is 19.7 Å². The van der Waals surface area contributed by atoms with Gasteiger partial charge in [0.2, 0.25) is 5.91 Å². The number of nitrogens with zero attached hydrogens (tertiary/aromatic N) is 2. The first kappa shape index (κ1) is 20.1. The molecule has 0 saturated carbocycles. The van der Waals surface area contributed by atoms with E-state index in [-0.39, 0.29) is 31.2 Å². The molecule has 146 valence electrons. The van der Waals surface area contributed by atoms with Crippen LogP contribution < -0.4 is 4.90 Å². The maximum Gasteiger partial charge on any atom is 0.311 e. The van der Waals surface area contributed by atoms with E-state index in [4.69, 9.17) is 27.9 Å². The van der Waals surface area contributed by atoms with E-state index in [0.29, 0.717) is 26.9 Å². The number of amides is 1. The maximum absolute atomic E-state index is 12.4. The number of rotatable bonds is 5. The average molecular weight is 423 g/mol. The van der Waals surface area contributed by atoms with Crippen molar-refractivity contribution in [2.45, 2.75) is 20.0 Å². The summed E-state index contributed by atoms with van der Waals surface area (Å²) in [7, 11) is 0. The summed E-state index contributed by atoms with van der Waals surface area (Å²) in [5.74, 6) is -1.47. The quantitative estimate of drug-likeness (QED) is 0.406. The molecule has 7 nitrogen and oxygen atoms in total. The Balaban J connectivity index is 1.67. The van der Waals surface area contributed by atoms with Gasteiger partial charge in [0.15, 0.2) is 0 Å². The van der Waals surface area contributed by atoms with E-state index in [1.54, 1.807) is 37.3 Å². The molecule has 9 heteroatoms. The Labute approximate surface area is 170 Å². The fourth-order valence-electron chi connectivity index (χ4n) is 2.98. The molecule has 1 aliphatic rings. The third-order valence-corrected chi connectivity index (χ3v) is 5.13. The first-order valence-electron chi connectivity index (χ1n) is 8.42. The molecule has 28 heavy (non-hydrogen) atoms. The smallest absolute Gasteiger partial charge is 0.311 e. The van der Waals surface area contributed by atoms with Crippen LogP contribution in [0.15, 0.2) is 36.4 Å². The van der Waals surface area contributed by atoms with Crippen molar-refractivity contribution in [2.24, 2.45) is 5.92 Å². The number of esters is 1. The van der Waals surface area contributed by atoms with Crippen LogP contribution in [0.2, 0.25) is 10.0 Å². The average Bonchev–Trinajstić information content (AvgIpc) is 3.03. The molecule has 0 aromatic heterocycles. The second kappa shape index (κ2) is 8.16. The summed E-state index contributed by atoms with van der Waals surface area (Å²) in [6.45, 7) is 1.69. The fraction of sp³-hybridized carbons (Fsp3) is 0.263. The van der Waals surface area contributed by atoms with E-state index in [1.165, 1.54) is 11.0 Å². The summed E-state index contributed by atoms with van der Waals surface area (Å²) < 4.78 is 5.29. The molecule has 3 rings (SSSR count). The number of hydrogen-bond donors (Lipinski definition) is 0. The lowest BCUT2D eigenvalue weighted by Crippen LogP contribution is -2.26. The van der Waals surface area contributed by atoms with E-state index < -0.39 is 16.8 Å². The maximum atomic E-state index is 12.4. The van der Waals surface area contributed by atoms with Crippen molar-refractivity contribution < 1.29 is 19.2 Å². The van der Waals surface area contributed by atoms with E-state index in [2.05, 4.69) is 0 Å². The number of carbonyl (C=O) groups excluding carboxylic acids is 2. The Morgan fingerprint density at radius 2 is 2.04 bits per heavy atom. The number of hydrogen-bond acceptors (Lipinski definition) is 5. The van der Waals surface area contributed by atoms with Gasteiger partial charge in [0, 0.05) is 40.2 Å². The number of halogens is 2. The molecule has 1 atom stereocenters. The van der Waals surface area contributed by atoms with Crippen LogP contribution >= 0.6 is 23.2 Å². The third-order valence-electron chi connectivity index (χ3n) is 4.54. The summed E-state index contributed by atoms with van der Waals surface area (Å²) in [5, 5.41) is 12.0. The van der Waals surface area contributed by atoms with Gasteiger partial charge in [-0.2, -0.15) is 0 Å². The van der Waals surface area contributed by atoms with Crippen molar-refractivity contribution in [3.05, 3.63) is 67.7 Å². The molecule has 1 aliphatic heterocycles. The molecule has 0 aliphatic carbocycles. The van der Waals surface area contributed by atoms with Gasteiger partial charge in [-0.05, 0) is 25.1 Å². The van der Waals surface area contributed by atoms with Gasteiger partial charge in [0.25, 0.3) is 5.69 Å². The highest BCUT2D eigenvalue weighted by atomic mass is 35.5. The van der Waals surface area contributed by atoms with Gasteiger partial charge in [0.05, 0.1) is 16.5 Å². The van der Waals surface area contributed by atoms with Gasteiger partial charge >= 0.3 is 5.97 Å². The van der Waals surface area contributed by atoms with Crippen molar-refractivity contribution in [3.8, 4) is 0 Å². The lowest BCUT2D eigenvalue weighted by Gasteiger charge is -2.17. The first-order valence-corrected chi connectivity index (χ1v) is 9.18. The molecule has 2 aromatic carbocycles. The predicted molar refractivity (Wildman–Crippen MR) is 105 cm³/mol. The molecule has 1 fully saturated rings. The normalized spacial score (nSPS) is 16.3. The van der Waals surface area contributed by atoms with Crippen LogP contribution in [0.1, 0.15) is 17.5 Å². The van der Waals surface area contributed by atoms with Gasteiger partial charge in [-0.3, -0.25) is 19.7 Å². The second-order valence-corrected chi connectivity index (χ2v) is 7.32.